The van der Waals surface area contributed by atoms with Crippen LogP contribution in [0.25, 0.3) is 0 Å². The Kier molecular flexibility index (Phi) is 4.25. The lowest BCUT2D eigenvalue weighted by Gasteiger charge is -2.16. The molecular formula is C12H16N2O4. The molecule has 0 bridgehead atoms. The van der Waals surface area contributed by atoms with Crippen molar-refractivity contribution in [3.8, 4) is 0 Å². The highest BCUT2D eigenvalue weighted by Gasteiger charge is 2.15. The maximum absolute atomic E-state index is 11.9. The van der Waals surface area contributed by atoms with Gasteiger partial charge in [-0.15, -0.1) is 0 Å². The van der Waals surface area contributed by atoms with Crippen LogP contribution in [0, 0.1) is 6.92 Å². The molecule has 0 unspecified atom stereocenters. The molecule has 1 aromatic rings. The Balaban J connectivity index is 3.17. The second-order valence-electron chi connectivity index (χ2n) is 3.99. The van der Waals surface area contributed by atoms with Gasteiger partial charge in [-0.2, -0.15) is 0 Å². The third-order valence-corrected chi connectivity index (χ3v) is 2.82. The average molecular weight is 252 g/mol. The number of rotatable bonds is 4. The van der Waals surface area contributed by atoms with E-state index in [1.807, 2.05) is 6.92 Å². The van der Waals surface area contributed by atoms with Gasteiger partial charge < -0.3 is 14.6 Å². The molecule has 0 saturated carbocycles. The largest absolute Gasteiger partial charge is 0.477 e. The average Bonchev–Trinajstić information content (AvgIpc) is 2.32. The normalized spacial score (nSPS) is 10.2. The molecule has 0 spiro atoms. The van der Waals surface area contributed by atoms with Crippen LogP contribution in [-0.4, -0.2) is 40.0 Å². The van der Waals surface area contributed by atoms with Crippen molar-refractivity contribution in [3.63, 3.8) is 0 Å². The summed E-state index contributed by atoms with van der Waals surface area (Å²) in [6.07, 6.45) is 0. The van der Waals surface area contributed by atoms with E-state index < -0.39 is 11.5 Å². The molecule has 0 aliphatic carbocycles. The molecule has 0 radical (unpaired) electrons. The zero-order chi connectivity index (χ0) is 13.9. The summed E-state index contributed by atoms with van der Waals surface area (Å²) in [7, 11) is 1.63. The molecular weight excluding hydrogens is 236 g/mol. The van der Waals surface area contributed by atoms with E-state index in [9.17, 15) is 14.4 Å². The third kappa shape index (κ3) is 2.77. The Labute approximate surface area is 104 Å². The van der Waals surface area contributed by atoms with Crippen molar-refractivity contribution in [3.05, 3.63) is 33.7 Å². The zero-order valence-electron chi connectivity index (χ0n) is 10.6. The van der Waals surface area contributed by atoms with Crippen LogP contribution in [0.4, 0.5) is 0 Å². The lowest BCUT2D eigenvalue weighted by molar-refractivity contribution is -0.130. The summed E-state index contributed by atoms with van der Waals surface area (Å²) in [6, 6.07) is 2.77. The van der Waals surface area contributed by atoms with Crippen molar-refractivity contribution in [2.45, 2.75) is 20.4 Å². The molecule has 98 valence electrons. The number of pyridine rings is 1. The number of hydrogen-bond acceptors (Lipinski definition) is 3. The lowest BCUT2D eigenvalue weighted by Crippen LogP contribution is -2.36. The van der Waals surface area contributed by atoms with E-state index in [2.05, 4.69) is 0 Å². The van der Waals surface area contributed by atoms with Gasteiger partial charge in [0.25, 0.3) is 5.56 Å². The van der Waals surface area contributed by atoms with Gasteiger partial charge in [0.05, 0.1) is 0 Å². The smallest absolute Gasteiger partial charge is 0.341 e. The molecule has 1 N–H and O–H groups in total. The number of carbonyl (C=O) groups is 2. The van der Waals surface area contributed by atoms with Crippen molar-refractivity contribution < 1.29 is 14.7 Å². The summed E-state index contributed by atoms with van der Waals surface area (Å²) in [4.78, 5) is 36.0. The number of carbonyl (C=O) groups excluding carboxylic acids is 1. The molecule has 1 rings (SSSR count). The molecule has 0 atom stereocenters. The number of nitrogens with zero attached hydrogens (tertiary/aromatic N) is 2. The Bertz CT molecular complexity index is 533. The van der Waals surface area contributed by atoms with Gasteiger partial charge in [0, 0.05) is 19.3 Å². The van der Waals surface area contributed by atoms with Crippen molar-refractivity contribution in [1.82, 2.24) is 9.47 Å². The molecule has 1 amide bonds. The second kappa shape index (κ2) is 5.48. The van der Waals surface area contributed by atoms with Gasteiger partial charge in [0.15, 0.2) is 0 Å². The maximum atomic E-state index is 11.9. The first-order chi connectivity index (χ1) is 8.38. The number of carboxylic acids is 1. The topological polar surface area (TPSA) is 79.6 Å². The Morgan fingerprint density at radius 2 is 2.00 bits per heavy atom. The minimum absolute atomic E-state index is 0.143. The second-order valence-corrected chi connectivity index (χ2v) is 3.99. The number of carboxylic acid groups (broad SMARTS) is 1. The minimum Gasteiger partial charge on any atom is -0.477 e. The summed E-state index contributed by atoms with van der Waals surface area (Å²) in [5.41, 5.74) is -0.421. The van der Waals surface area contributed by atoms with E-state index in [0.29, 0.717) is 12.2 Å². The first kappa shape index (κ1) is 14.0. The molecule has 0 saturated heterocycles. The van der Waals surface area contributed by atoms with Crippen LogP contribution in [0.1, 0.15) is 23.0 Å². The van der Waals surface area contributed by atoms with E-state index in [4.69, 9.17) is 5.11 Å². The van der Waals surface area contributed by atoms with Crippen LogP contribution < -0.4 is 5.56 Å². The van der Waals surface area contributed by atoms with Crippen LogP contribution >= 0.6 is 0 Å². The van der Waals surface area contributed by atoms with Crippen molar-refractivity contribution in [1.29, 1.82) is 0 Å². The molecule has 1 aromatic heterocycles. The molecule has 6 heteroatoms. The fourth-order valence-corrected chi connectivity index (χ4v) is 1.46. The number of hydrogen-bond donors (Lipinski definition) is 1. The van der Waals surface area contributed by atoms with Crippen LogP contribution in [0.3, 0.4) is 0 Å². The molecule has 6 nitrogen and oxygen atoms in total. The highest BCUT2D eigenvalue weighted by atomic mass is 16.4. The van der Waals surface area contributed by atoms with Crippen LogP contribution in [0.15, 0.2) is 16.9 Å². The fraction of sp³-hybridized carbons (Fsp3) is 0.417. The Hall–Kier alpha value is -2.11. The molecule has 0 aliphatic heterocycles. The van der Waals surface area contributed by atoms with E-state index in [-0.39, 0.29) is 18.0 Å². The minimum atomic E-state index is -1.29. The van der Waals surface area contributed by atoms with Gasteiger partial charge in [-0.3, -0.25) is 9.59 Å². The predicted molar refractivity (Wildman–Crippen MR) is 65.7 cm³/mol. The van der Waals surface area contributed by atoms with Crippen molar-refractivity contribution in [2.24, 2.45) is 0 Å². The molecule has 0 aromatic carbocycles. The van der Waals surface area contributed by atoms with Gasteiger partial charge in [-0.05, 0) is 26.0 Å². The molecule has 0 fully saturated rings. The number of aromatic nitrogens is 1. The van der Waals surface area contributed by atoms with Gasteiger partial charge in [-0.25, -0.2) is 4.79 Å². The number of aromatic carboxylic acids is 1. The summed E-state index contributed by atoms with van der Waals surface area (Å²) >= 11 is 0. The van der Waals surface area contributed by atoms with Gasteiger partial charge in [0.1, 0.15) is 12.1 Å². The Morgan fingerprint density at radius 3 is 2.50 bits per heavy atom. The quantitative estimate of drug-likeness (QED) is 0.837. The van der Waals surface area contributed by atoms with E-state index in [0.717, 1.165) is 0 Å². The Morgan fingerprint density at radius 1 is 1.39 bits per heavy atom. The van der Waals surface area contributed by atoms with Gasteiger partial charge >= 0.3 is 5.97 Å². The lowest BCUT2D eigenvalue weighted by atomic mass is 10.2. The molecule has 0 aliphatic rings. The highest BCUT2D eigenvalue weighted by Crippen LogP contribution is 2.00. The number of amides is 1. The maximum Gasteiger partial charge on any atom is 0.341 e. The van der Waals surface area contributed by atoms with Gasteiger partial charge in [0.2, 0.25) is 5.91 Å². The van der Waals surface area contributed by atoms with E-state index in [1.54, 1.807) is 14.0 Å². The van der Waals surface area contributed by atoms with Crippen LogP contribution in [0.2, 0.25) is 0 Å². The SMILES string of the molecule is CCN(C)C(=O)Cn1c(C)ccc(C(=O)O)c1=O. The molecule has 18 heavy (non-hydrogen) atoms. The van der Waals surface area contributed by atoms with E-state index in [1.165, 1.54) is 21.6 Å². The summed E-state index contributed by atoms with van der Waals surface area (Å²) in [5.74, 6) is -1.52. The standard InChI is InChI=1S/C12H16N2O4/c1-4-13(3)10(15)7-14-8(2)5-6-9(11(14)16)12(17)18/h5-6H,4,7H2,1-3H3,(H,17,18). The number of aryl methyl sites for hydroxylation is 1. The van der Waals surface area contributed by atoms with Crippen molar-refractivity contribution in [2.75, 3.05) is 13.6 Å². The highest BCUT2D eigenvalue weighted by molar-refractivity contribution is 5.87. The monoisotopic (exact) mass is 252 g/mol. The van der Waals surface area contributed by atoms with E-state index >= 15 is 0 Å². The summed E-state index contributed by atoms with van der Waals surface area (Å²) in [6.45, 7) is 3.87. The first-order valence-electron chi connectivity index (χ1n) is 5.56. The third-order valence-electron chi connectivity index (χ3n) is 2.82. The van der Waals surface area contributed by atoms with Crippen molar-refractivity contribution >= 4 is 11.9 Å². The summed E-state index contributed by atoms with van der Waals surface area (Å²) < 4.78 is 1.18. The van der Waals surface area contributed by atoms with Gasteiger partial charge in [-0.1, -0.05) is 0 Å². The number of likely N-dealkylation sites (N-methyl/N-ethyl adjacent to an activating group) is 1. The molecule has 1 heterocycles. The first-order valence-corrected chi connectivity index (χ1v) is 5.56. The summed E-state index contributed by atoms with van der Waals surface area (Å²) in [5, 5.41) is 8.86. The van der Waals surface area contributed by atoms with Crippen LogP contribution in [0.5, 0.6) is 0 Å². The predicted octanol–water partition coefficient (Wildman–Crippen LogP) is 0.333. The van der Waals surface area contributed by atoms with Crippen LogP contribution in [-0.2, 0) is 11.3 Å². The fourth-order valence-electron chi connectivity index (χ4n) is 1.46. The zero-order valence-corrected chi connectivity index (χ0v) is 10.6.